The van der Waals surface area contributed by atoms with Crippen LogP contribution in [0.5, 0.6) is 0 Å². The molecule has 130 valence electrons. The third-order valence-electron chi connectivity index (χ3n) is 3.60. The summed E-state index contributed by atoms with van der Waals surface area (Å²) in [7, 11) is 0. The number of aromatic nitrogens is 1. The molecule has 0 saturated carbocycles. The highest BCUT2D eigenvalue weighted by atomic mass is 35.5. The zero-order valence-corrected chi connectivity index (χ0v) is 16.0. The average Bonchev–Trinajstić information content (AvgIpc) is 3.23. The van der Waals surface area contributed by atoms with E-state index in [9.17, 15) is 4.79 Å². The highest BCUT2D eigenvalue weighted by Crippen LogP contribution is 2.31. The van der Waals surface area contributed by atoms with Gasteiger partial charge < -0.3 is 4.42 Å². The molecule has 4 rings (SSSR count). The Morgan fingerprint density at radius 1 is 1.00 bits per heavy atom. The maximum Gasteiger partial charge on any atom is 0.293 e. The predicted molar refractivity (Wildman–Crippen MR) is 107 cm³/mol. The maximum absolute atomic E-state index is 12.4. The fourth-order valence-electron chi connectivity index (χ4n) is 2.38. The summed E-state index contributed by atoms with van der Waals surface area (Å²) < 4.78 is 6.56. The summed E-state index contributed by atoms with van der Waals surface area (Å²) in [4.78, 5) is 16.8. The van der Waals surface area contributed by atoms with Crippen LogP contribution in [0.2, 0.25) is 15.1 Å². The molecule has 0 atom stereocenters. The first-order chi connectivity index (χ1) is 12.5. The molecule has 0 aliphatic rings. The molecule has 0 radical (unpaired) electrons. The monoisotopic (exact) mass is 422 g/mol. The Labute approximate surface area is 167 Å². The van der Waals surface area contributed by atoms with Crippen molar-refractivity contribution >= 4 is 67.4 Å². The smallest absolute Gasteiger partial charge is 0.293 e. The number of thiazole rings is 1. The molecule has 4 nitrogen and oxygen atoms in total. The molecule has 0 aliphatic heterocycles. The molecule has 1 amide bonds. The number of nitrogens with one attached hydrogen (secondary N) is 1. The molecule has 2 heterocycles. The molecule has 26 heavy (non-hydrogen) atoms. The van der Waals surface area contributed by atoms with Crippen molar-refractivity contribution < 1.29 is 9.21 Å². The fourth-order valence-corrected chi connectivity index (χ4v) is 3.68. The first-order valence-corrected chi connectivity index (χ1v) is 9.37. The Hall–Kier alpha value is -2.05. The van der Waals surface area contributed by atoms with Gasteiger partial charge in [0.25, 0.3) is 5.91 Å². The number of hydrogen-bond acceptors (Lipinski definition) is 4. The van der Waals surface area contributed by atoms with Crippen LogP contribution < -0.4 is 5.32 Å². The van der Waals surface area contributed by atoms with Gasteiger partial charge in [0.15, 0.2) is 10.9 Å². The number of anilines is 1. The van der Waals surface area contributed by atoms with Crippen LogP contribution in [0, 0.1) is 0 Å². The lowest BCUT2D eigenvalue weighted by atomic mass is 10.2. The molecule has 4 aromatic rings. The van der Waals surface area contributed by atoms with Gasteiger partial charge in [-0.15, -0.1) is 0 Å². The molecule has 8 heteroatoms. The maximum atomic E-state index is 12.4. The summed E-state index contributed by atoms with van der Waals surface area (Å²) in [5.41, 5.74) is 1.46. The Morgan fingerprint density at radius 2 is 1.85 bits per heavy atom. The number of rotatable bonds is 3. The van der Waals surface area contributed by atoms with E-state index in [4.69, 9.17) is 39.2 Å². The van der Waals surface area contributed by atoms with Crippen LogP contribution in [0.15, 0.2) is 52.9 Å². The molecule has 0 bridgehead atoms. The lowest BCUT2D eigenvalue weighted by Crippen LogP contribution is -2.10. The summed E-state index contributed by atoms with van der Waals surface area (Å²) in [6.45, 7) is 0. The number of nitrogens with zero attached hydrogens (tertiary/aromatic N) is 1. The van der Waals surface area contributed by atoms with Gasteiger partial charge in [0, 0.05) is 10.6 Å². The van der Waals surface area contributed by atoms with E-state index in [0.29, 0.717) is 26.0 Å². The van der Waals surface area contributed by atoms with E-state index in [1.165, 1.54) is 11.3 Å². The summed E-state index contributed by atoms with van der Waals surface area (Å²) in [6, 6.07) is 13.8. The number of fused-ring (bicyclic) bond motifs is 1. The van der Waals surface area contributed by atoms with Crippen molar-refractivity contribution in [3.63, 3.8) is 0 Å². The van der Waals surface area contributed by atoms with Crippen LogP contribution >= 0.6 is 46.1 Å². The number of carbonyl (C=O) groups excluding carboxylic acids is 1. The number of halogens is 3. The van der Waals surface area contributed by atoms with E-state index in [-0.39, 0.29) is 11.7 Å². The summed E-state index contributed by atoms with van der Waals surface area (Å²) in [5, 5.41) is 4.68. The van der Waals surface area contributed by atoms with Gasteiger partial charge in [0.1, 0.15) is 5.76 Å². The summed E-state index contributed by atoms with van der Waals surface area (Å²) in [6.07, 6.45) is 0. The summed E-state index contributed by atoms with van der Waals surface area (Å²) in [5.74, 6) is 0.301. The lowest BCUT2D eigenvalue weighted by Gasteiger charge is -2.00. The van der Waals surface area contributed by atoms with Gasteiger partial charge in [0.2, 0.25) is 0 Å². The zero-order valence-electron chi connectivity index (χ0n) is 12.9. The number of benzene rings is 2. The molecule has 0 saturated heterocycles. The van der Waals surface area contributed by atoms with Crippen molar-refractivity contribution in [2.45, 2.75) is 0 Å². The zero-order chi connectivity index (χ0) is 18.3. The highest BCUT2D eigenvalue weighted by Gasteiger charge is 2.15. The molecule has 0 aliphatic carbocycles. The second-order valence-electron chi connectivity index (χ2n) is 5.38. The molecular weight excluding hydrogens is 415 g/mol. The van der Waals surface area contributed by atoms with Gasteiger partial charge in [0.05, 0.1) is 20.3 Å². The quantitative estimate of drug-likeness (QED) is 0.395. The van der Waals surface area contributed by atoms with E-state index in [0.717, 1.165) is 15.8 Å². The minimum absolute atomic E-state index is 0.170. The van der Waals surface area contributed by atoms with Gasteiger partial charge in [-0.25, -0.2) is 4.98 Å². The molecule has 0 unspecified atom stereocenters. The van der Waals surface area contributed by atoms with Crippen molar-refractivity contribution in [3.8, 4) is 11.3 Å². The van der Waals surface area contributed by atoms with E-state index in [2.05, 4.69) is 10.3 Å². The van der Waals surface area contributed by atoms with Gasteiger partial charge in [-0.3, -0.25) is 10.1 Å². The largest absolute Gasteiger partial charge is 0.451 e. The molecule has 1 N–H and O–H groups in total. The van der Waals surface area contributed by atoms with E-state index < -0.39 is 0 Å². The number of carbonyl (C=O) groups is 1. The van der Waals surface area contributed by atoms with Crippen molar-refractivity contribution in [1.29, 1.82) is 0 Å². The standard InChI is InChI=1S/C18H9Cl3N2O2S/c19-10-2-6-16-13(8-10)22-18(26-16)23-17(24)15-5-4-14(25-15)9-1-3-11(20)12(21)7-9/h1-8H,(H,22,23,24). The Kier molecular flexibility index (Phi) is 4.63. The molecule has 0 spiro atoms. The van der Waals surface area contributed by atoms with Crippen molar-refractivity contribution in [2.24, 2.45) is 0 Å². The first-order valence-electron chi connectivity index (χ1n) is 7.42. The van der Waals surface area contributed by atoms with Crippen LogP contribution in [-0.2, 0) is 0 Å². The lowest BCUT2D eigenvalue weighted by molar-refractivity contribution is 0.0997. The third-order valence-corrected chi connectivity index (χ3v) is 5.53. The van der Waals surface area contributed by atoms with Gasteiger partial charge in [-0.1, -0.05) is 46.1 Å². The summed E-state index contributed by atoms with van der Waals surface area (Å²) >= 11 is 19.3. The third kappa shape index (κ3) is 3.44. The topological polar surface area (TPSA) is 55.1 Å². The minimum Gasteiger partial charge on any atom is -0.451 e. The second kappa shape index (κ2) is 6.93. The van der Waals surface area contributed by atoms with Crippen molar-refractivity contribution in [2.75, 3.05) is 5.32 Å². The van der Waals surface area contributed by atoms with E-state index >= 15 is 0 Å². The number of furan rings is 1. The van der Waals surface area contributed by atoms with Crippen LogP contribution in [0.3, 0.4) is 0 Å². The number of amides is 1. The minimum atomic E-state index is -0.388. The molecule has 2 aromatic carbocycles. The second-order valence-corrected chi connectivity index (χ2v) is 7.66. The van der Waals surface area contributed by atoms with Crippen LogP contribution in [0.25, 0.3) is 21.5 Å². The van der Waals surface area contributed by atoms with Gasteiger partial charge in [-0.05, 0) is 48.5 Å². The van der Waals surface area contributed by atoms with Crippen molar-refractivity contribution in [1.82, 2.24) is 4.98 Å². The van der Waals surface area contributed by atoms with E-state index in [1.54, 1.807) is 42.5 Å². The highest BCUT2D eigenvalue weighted by molar-refractivity contribution is 7.22. The first kappa shape index (κ1) is 17.4. The van der Waals surface area contributed by atoms with Gasteiger partial charge >= 0.3 is 0 Å². The van der Waals surface area contributed by atoms with E-state index in [1.807, 2.05) is 6.07 Å². The molecule has 0 fully saturated rings. The number of hydrogen-bond donors (Lipinski definition) is 1. The fraction of sp³-hybridized carbons (Fsp3) is 0. The molecular formula is C18H9Cl3N2O2S. The normalized spacial score (nSPS) is 11.0. The van der Waals surface area contributed by atoms with Gasteiger partial charge in [-0.2, -0.15) is 0 Å². The Morgan fingerprint density at radius 3 is 2.65 bits per heavy atom. The SMILES string of the molecule is O=C(Nc1nc2cc(Cl)ccc2s1)c1ccc(-c2ccc(Cl)c(Cl)c2)o1. The Balaban J connectivity index is 1.56. The van der Waals surface area contributed by atoms with Crippen LogP contribution in [0.1, 0.15) is 10.6 Å². The van der Waals surface area contributed by atoms with Crippen LogP contribution in [0.4, 0.5) is 5.13 Å². The predicted octanol–water partition coefficient (Wildman–Crippen LogP) is 6.77. The average molecular weight is 424 g/mol. The molecule has 2 aromatic heterocycles. The van der Waals surface area contributed by atoms with Crippen molar-refractivity contribution in [3.05, 3.63) is 69.4 Å². The Bertz CT molecular complexity index is 1140. The van der Waals surface area contributed by atoms with Crippen LogP contribution in [-0.4, -0.2) is 10.9 Å².